The molecule has 29 heavy (non-hydrogen) atoms. The molecule has 2 aromatic rings. The van der Waals surface area contributed by atoms with Gasteiger partial charge < -0.3 is 14.7 Å². The summed E-state index contributed by atoms with van der Waals surface area (Å²) in [6, 6.07) is 10.6. The third-order valence-electron chi connectivity index (χ3n) is 5.38. The van der Waals surface area contributed by atoms with Gasteiger partial charge in [-0.1, -0.05) is 0 Å². The Hall–Kier alpha value is -1.90. The maximum atomic E-state index is 13.4. The average Bonchev–Trinajstić information content (AvgIpc) is 3.51. The smallest absolute Gasteiger partial charge is 0.313 e. The van der Waals surface area contributed by atoms with Gasteiger partial charge in [-0.3, -0.25) is 4.79 Å². The molecular weight excluding hydrogens is 411 g/mol. The third kappa shape index (κ3) is 4.20. The molecule has 5 nitrogen and oxygen atoms in total. The summed E-state index contributed by atoms with van der Waals surface area (Å²) in [6.07, 6.45) is 3.31. The molecule has 2 aliphatic rings. The lowest BCUT2D eigenvalue weighted by atomic mass is 10.1. The number of carboxylic acids is 1. The van der Waals surface area contributed by atoms with Gasteiger partial charge in [-0.2, -0.15) is 0 Å². The molecule has 2 aromatic carbocycles. The normalized spacial score (nSPS) is 18.1. The first-order valence-corrected chi connectivity index (χ1v) is 11.4. The molecule has 0 bridgehead atoms. The molecule has 0 atom stereocenters. The number of carbonyl (C=O) groups is 1. The summed E-state index contributed by atoms with van der Waals surface area (Å²) in [4.78, 5) is 15.7. The van der Waals surface area contributed by atoms with Crippen LogP contribution >= 0.6 is 23.7 Å². The molecule has 0 unspecified atom stereocenters. The Kier molecular flexibility index (Phi) is 5.68. The number of anilines is 2. The fourth-order valence-corrected chi connectivity index (χ4v) is 4.82. The molecule has 1 aliphatic carbocycles. The number of aliphatic carboxylic acids is 1. The lowest BCUT2D eigenvalue weighted by Gasteiger charge is -2.26. The van der Waals surface area contributed by atoms with Gasteiger partial charge in [0.05, 0.1) is 15.5 Å². The number of hydrogen-bond donors (Lipinski definition) is 1. The van der Waals surface area contributed by atoms with Crippen molar-refractivity contribution in [3.05, 3.63) is 42.2 Å². The van der Waals surface area contributed by atoms with Gasteiger partial charge in [-0.15, -0.1) is 11.8 Å². The van der Waals surface area contributed by atoms with Gasteiger partial charge in [-0.25, -0.2) is 8.70 Å². The van der Waals surface area contributed by atoms with Crippen LogP contribution in [0.2, 0.25) is 0 Å². The van der Waals surface area contributed by atoms with Crippen LogP contribution in [0.15, 0.2) is 46.2 Å². The highest BCUT2D eigenvalue weighted by molar-refractivity contribution is 7.98. The minimum atomic E-state index is -0.783. The van der Waals surface area contributed by atoms with Gasteiger partial charge in [0.2, 0.25) is 0 Å². The molecule has 1 N–H and O–H groups in total. The molecule has 1 saturated carbocycles. The highest BCUT2D eigenvalue weighted by Crippen LogP contribution is 2.48. The van der Waals surface area contributed by atoms with Crippen LogP contribution in [0.25, 0.3) is 0 Å². The second kappa shape index (κ2) is 8.08. The zero-order chi connectivity index (χ0) is 20.6. The van der Waals surface area contributed by atoms with Crippen molar-refractivity contribution in [2.75, 3.05) is 37.9 Å². The van der Waals surface area contributed by atoms with E-state index in [1.54, 1.807) is 35.8 Å². The van der Waals surface area contributed by atoms with Crippen molar-refractivity contribution in [1.82, 2.24) is 4.31 Å². The molecule has 0 amide bonds. The topological polar surface area (TPSA) is 53.0 Å². The average molecular weight is 435 g/mol. The SMILES string of the molecule is CSc1cc2c(cc1OCC1(C(=O)O)CC1)SN(C)CCN2c1ccc(F)cc1. The molecule has 0 saturated heterocycles. The van der Waals surface area contributed by atoms with Gasteiger partial charge in [0, 0.05) is 18.8 Å². The van der Waals surface area contributed by atoms with E-state index in [0.29, 0.717) is 18.6 Å². The van der Waals surface area contributed by atoms with Gasteiger partial charge in [0.1, 0.15) is 23.6 Å². The van der Waals surface area contributed by atoms with Crippen LogP contribution < -0.4 is 9.64 Å². The van der Waals surface area contributed by atoms with Crippen LogP contribution in [0.4, 0.5) is 15.8 Å². The van der Waals surface area contributed by atoms with E-state index in [1.165, 1.54) is 12.1 Å². The van der Waals surface area contributed by atoms with E-state index in [9.17, 15) is 14.3 Å². The van der Waals surface area contributed by atoms with Crippen LogP contribution in [0.3, 0.4) is 0 Å². The summed E-state index contributed by atoms with van der Waals surface area (Å²) in [5, 5.41) is 9.42. The van der Waals surface area contributed by atoms with Gasteiger partial charge in [0.15, 0.2) is 0 Å². The number of fused-ring (bicyclic) bond motifs is 1. The third-order valence-corrected chi connectivity index (χ3v) is 7.15. The number of halogens is 1. The molecule has 8 heteroatoms. The lowest BCUT2D eigenvalue weighted by Crippen LogP contribution is -2.24. The number of likely N-dealkylation sites (N-methyl/N-ethyl adjacent to an activating group) is 1. The fraction of sp³-hybridized carbons (Fsp3) is 0.381. The van der Waals surface area contributed by atoms with E-state index in [0.717, 1.165) is 34.3 Å². The molecule has 1 heterocycles. The van der Waals surface area contributed by atoms with Crippen molar-refractivity contribution < 1.29 is 19.0 Å². The van der Waals surface area contributed by atoms with E-state index in [-0.39, 0.29) is 12.4 Å². The number of benzene rings is 2. The Balaban J connectivity index is 1.69. The molecule has 0 aromatic heterocycles. The summed E-state index contributed by atoms with van der Waals surface area (Å²) < 4.78 is 21.6. The van der Waals surface area contributed by atoms with Crippen LogP contribution in [0.1, 0.15) is 12.8 Å². The van der Waals surface area contributed by atoms with Gasteiger partial charge >= 0.3 is 5.97 Å². The number of thioether (sulfide) groups is 1. The van der Waals surface area contributed by atoms with Gasteiger partial charge in [0.25, 0.3) is 0 Å². The number of ether oxygens (including phenoxy) is 1. The van der Waals surface area contributed by atoms with E-state index in [4.69, 9.17) is 4.74 Å². The van der Waals surface area contributed by atoms with Crippen molar-refractivity contribution in [2.45, 2.75) is 22.6 Å². The largest absolute Gasteiger partial charge is 0.491 e. The molecule has 1 aliphatic heterocycles. The zero-order valence-corrected chi connectivity index (χ0v) is 18.0. The van der Waals surface area contributed by atoms with Crippen molar-refractivity contribution in [3.8, 4) is 5.75 Å². The van der Waals surface area contributed by atoms with Gasteiger partial charge in [-0.05, 0) is 74.5 Å². The Morgan fingerprint density at radius 1 is 1.28 bits per heavy atom. The Morgan fingerprint density at radius 3 is 2.62 bits per heavy atom. The van der Waals surface area contributed by atoms with E-state index >= 15 is 0 Å². The van der Waals surface area contributed by atoms with Crippen molar-refractivity contribution in [3.63, 3.8) is 0 Å². The van der Waals surface area contributed by atoms with Crippen molar-refractivity contribution in [2.24, 2.45) is 5.41 Å². The number of nitrogens with zero attached hydrogens (tertiary/aromatic N) is 2. The monoisotopic (exact) mass is 434 g/mol. The maximum absolute atomic E-state index is 13.4. The highest BCUT2D eigenvalue weighted by atomic mass is 32.2. The maximum Gasteiger partial charge on any atom is 0.313 e. The first-order chi connectivity index (χ1) is 13.9. The van der Waals surface area contributed by atoms with Crippen LogP contribution in [0.5, 0.6) is 5.75 Å². The molecular formula is C21H23FN2O3S2. The predicted molar refractivity (Wildman–Crippen MR) is 115 cm³/mol. The quantitative estimate of drug-likeness (QED) is 0.514. The van der Waals surface area contributed by atoms with Crippen molar-refractivity contribution >= 4 is 41.1 Å². The Bertz CT molecular complexity index is 919. The van der Waals surface area contributed by atoms with Crippen LogP contribution in [-0.4, -0.2) is 48.4 Å². The second-order valence-corrected chi connectivity index (χ2v) is 9.51. The number of hydrogen-bond acceptors (Lipinski definition) is 6. The summed E-state index contributed by atoms with van der Waals surface area (Å²) in [5.41, 5.74) is 1.25. The fourth-order valence-electron chi connectivity index (χ4n) is 3.34. The first-order valence-electron chi connectivity index (χ1n) is 9.42. The number of carboxylic acid groups (broad SMARTS) is 1. The molecule has 0 spiro atoms. The van der Waals surface area contributed by atoms with Crippen molar-refractivity contribution in [1.29, 1.82) is 0 Å². The lowest BCUT2D eigenvalue weighted by molar-refractivity contribution is -0.144. The molecule has 1 fully saturated rings. The predicted octanol–water partition coefficient (Wildman–Crippen LogP) is 4.88. The zero-order valence-electron chi connectivity index (χ0n) is 16.4. The van der Waals surface area contributed by atoms with E-state index in [1.807, 2.05) is 19.4 Å². The van der Waals surface area contributed by atoms with Crippen LogP contribution in [0, 0.1) is 11.2 Å². The first kappa shape index (κ1) is 20.4. The molecule has 4 rings (SSSR count). The molecule has 0 radical (unpaired) electrons. The molecule has 154 valence electrons. The van der Waals surface area contributed by atoms with Crippen LogP contribution in [-0.2, 0) is 4.79 Å². The minimum absolute atomic E-state index is 0.191. The Labute approximate surface area is 178 Å². The summed E-state index contributed by atoms with van der Waals surface area (Å²) in [5.74, 6) is -0.323. The number of rotatable bonds is 6. The highest BCUT2D eigenvalue weighted by Gasteiger charge is 2.51. The van der Waals surface area contributed by atoms with E-state index in [2.05, 4.69) is 15.3 Å². The summed E-state index contributed by atoms with van der Waals surface area (Å²) in [7, 11) is 2.04. The Morgan fingerprint density at radius 2 is 2.00 bits per heavy atom. The summed E-state index contributed by atoms with van der Waals surface area (Å²) >= 11 is 3.21. The summed E-state index contributed by atoms with van der Waals surface area (Å²) in [6.45, 7) is 1.80. The second-order valence-electron chi connectivity index (χ2n) is 7.42. The standard InChI is InChI=1S/C21H23FN2O3S2/c1-23-9-10-24(15-5-3-14(22)4-6-15)16-11-19(28-2)17(12-18(16)29-23)27-13-21(7-8-21)20(25)26/h3-6,11-12H,7-10,13H2,1-2H3,(H,25,26). The minimum Gasteiger partial charge on any atom is -0.491 e. The van der Waals surface area contributed by atoms with E-state index < -0.39 is 11.4 Å².